The van der Waals surface area contributed by atoms with Gasteiger partial charge in [-0.3, -0.25) is 4.79 Å². The molecule has 3 heterocycles. The molecule has 2 aromatic rings. The number of amides is 1. The molecule has 2 aliphatic rings. The second kappa shape index (κ2) is 7.19. The number of likely N-dealkylation sites (tertiary alicyclic amines) is 1. The Morgan fingerprint density at radius 3 is 3.04 bits per heavy atom. The minimum absolute atomic E-state index is 0.197. The summed E-state index contributed by atoms with van der Waals surface area (Å²) in [6.45, 7) is 5.93. The van der Waals surface area contributed by atoms with Crippen LogP contribution in [-0.4, -0.2) is 47.1 Å². The van der Waals surface area contributed by atoms with E-state index in [1.165, 1.54) is 12.8 Å². The van der Waals surface area contributed by atoms with Crippen molar-refractivity contribution in [3.63, 3.8) is 0 Å². The number of nitrogens with one attached hydrogen (secondary N) is 1. The molecular weight excluding hydrogens is 328 g/mol. The number of aromatic nitrogens is 2. The van der Waals surface area contributed by atoms with Crippen molar-refractivity contribution < 1.29 is 9.32 Å². The maximum Gasteiger partial charge on any atom is 0.227 e. The topological polar surface area (TPSA) is 71.3 Å². The first-order valence-electron chi connectivity index (χ1n) is 9.52. The summed E-state index contributed by atoms with van der Waals surface area (Å²) < 4.78 is 5.36. The smallest absolute Gasteiger partial charge is 0.227 e. The van der Waals surface area contributed by atoms with Gasteiger partial charge in [-0.25, -0.2) is 0 Å². The van der Waals surface area contributed by atoms with Gasteiger partial charge in [0, 0.05) is 43.5 Å². The Hall–Kier alpha value is -2.21. The lowest BCUT2D eigenvalue weighted by atomic mass is 9.80. The molecule has 1 N–H and O–H groups in total. The maximum atomic E-state index is 12.6. The zero-order valence-corrected chi connectivity index (χ0v) is 15.3. The van der Waals surface area contributed by atoms with E-state index < -0.39 is 0 Å². The number of carbonyl (C=O) groups is 1. The fraction of sp³-hybridized carbons (Fsp3) is 0.550. The zero-order chi connectivity index (χ0) is 18.0. The van der Waals surface area contributed by atoms with Gasteiger partial charge in [-0.1, -0.05) is 29.4 Å². The monoisotopic (exact) mass is 354 g/mol. The predicted molar refractivity (Wildman–Crippen MR) is 98.5 cm³/mol. The number of rotatable bonds is 4. The number of hydrogen-bond donors (Lipinski definition) is 1. The lowest BCUT2D eigenvalue weighted by Gasteiger charge is -2.33. The number of piperidine rings is 1. The summed E-state index contributed by atoms with van der Waals surface area (Å²) in [4.78, 5) is 19.1. The fourth-order valence-electron chi connectivity index (χ4n) is 4.19. The molecule has 0 aliphatic carbocycles. The van der Waals surface area contributed by atoms with Crippen LogP contribution in [0.15, 0.2) is 28.8 Å². The number of hydrogen-bond acceptors (Lipinski definition) is 5. The van der Waals surface area contributed by atoms with Crippen molar-refractivity contribution in [2.24, 2.45) is 5.41 Å². The van der Waals surface area contributed by atoms with E-state index in [2.05, 4.69) is 15.5 Å². The lowest BCUT2D eigenvalue weighted by Crippen LogP contribution is -2.42. The molecule has 1 amide bonds. The van der Waals surface area contributed by atoms with E-state index in [-0.39, 0.29) is 5.91 Å². The van der Waals surface area contributed by atoms with Crippen molar-refractivity contribution in [3.8, 4) is 11.4 Å². The summed E-state index contributed by atoms with van der Waals surface area (Å²) in [5.41, 5.74) is 2.38. The molecule has 2 saturated heterocycles. The van der Waals surface area contributed by atoms with Crippen molar-refractivity contribution >= 4 is 5.91 Å². The second-order valence-electron chi connectivity index (χ2n) is 7.67. The Labute approximate surface area is 154 Å². The van der Waals surface area contributed by atoms with Crippen LogP contribution < -0.4 is 5.32 Å². The van der Waals surface area contributed by atoms with Crippen molar-refractivity contribution in [3.05, 3.63) is 35.7 Å². The van der Waals surface area contributed by atoms with Gasteiger partial charge in [-0.2, -0.15) is 4.98 Å². The van der Waals surface area contributed by atoms with E-state index in [4.69, 9.17) is 4.52 Å². The molecule has 1 aromatic carbocycles. The van der Waals surface area contributed by atoms with Crippen LogP contribution in [0.3, 0.4) is 0 Å². The minimum Gasteiger partial charge on any atom is -0.342 e. The van der Waals surface area contributed by atoms with Gasteiger partial charge in [-0.05, 0) is 38.3 Å². The average molecular weight is 354 g/mol. The molecule has 1 unspecified atom stereocenters. The minimum atomic E-state index is 0.197. The molecule has 4 rings (SSSR count). The van der Waals surface area contributed by atoms with E-state index in [9.17, 15) is 4.79 Å². The highest BCUT2D eigenvalue weighted by Crippen LogP contribution is 2.36. The average Bonchev–Trinajstić information content (AvgIpc) is 3.29. The van der Waals surface area contributed by atoms with Gasteiger partial charge < -0.3 is 14.7 Å². The molecule has 6 heteroatoms. The summed E-state index contributed by atoms with van der Waals surface area (Å²) >= 11 is 0. The van der Waals surface area contributed by atoms with E-state index >= 15 is 0 Å². The lowest BCUT2D eigenvalue weighted by molar-refractivity contribution is -0.130. The summed E-state index contributed by atoms with van der Waals surface area (Å²) in [7, 11) is 0. The Morgan fingerprint density at radius 1 is 1.35 bits per heavy atom. The van der Waals surface area contributed by atoms with E-state index in [0.29, 0.717) is 30.0 Å². The summed E-state index contributed by atoms with van der Waals surface area (Å²) in [6, 6.07) is 7.96. The Morgan fingerprint density at radius 2 is 2.23 bits per heavy atom. The van der Waals surface area contributed by atoms with E-state index in [1.54, 1.807) is 0 Å². The largest absolute Gasteiger partial charge is 0.342 e. The zero-order valence-electron chi connectivity index (χ0n) is 15.3. The molecule has 6 nitrogen and oxygen atoms in total. The van der Waals surface area contributed by atoms with Crippen LogP contribution in [-0.2, 0) is 11.2 Å². The Balaban J connectivity index is 1.33. The number of carbonyl (C=O) groups excluding carboxylic acids is 1. The first-order valence-corrected chi connectivity index (χ1v) is 9.52. The second-order valence-corrected chi connectivity index (χ2v) is 7.67. The maximum absolute atomic E-state index is 12.6. The highest BCUT2D eigenvalue weighted by molar-refractivity contribution is 5.76. The molecule has 0 radical (unpaired) electrons. The third-order valence-corrected chi connectivity index (χ3v) is 5.76. The molecule has 26 heavy (non-hydrogen) atoms. The number of benzene rings is 1. The third-order valence-electron chi connectivity index (χ3n) is 5.76. The van der Waals surface area contributed by atoms with E-state index in [1.807, 2.05) is 36.1 Å². The molecule has 1 aromatic heterocycles. The first kappa shape index (κ1) is 17.2. The van der Waals surface area contributed by atoms with Crippen LogP contribution in [0.1, 0.15) is 37.1 Å². The van der Waals surface area contributed by atoms with Crippen molar-refractivity contribution in [1.29, 1.82) is 0 Å². The first-order chi connectivity index (χ1) is 12.7. The Bertz CT molecular complexity index is 780. The van der Waals surface area contributed by atoms with Gasteiger partial charge in [0.25, 0.3) is 0 Å². The molecule has 2 aliphatic heterocycles. The van der Waals surface area contributed by atoms with Crippen LogP contribution in [0.25, 0.3) is 11.4 Å². The normalized spacial score (nSPS) is 22.9. The van der Waals surface area contributed by atoms with Gasteiger partial charge in [0.05, 0.1) is 0 Å². The van der Waals surface area contributed by atoms with Gasteiger partial charge >= 0.3 is 0 Å². The molecule has 1 spiro atoms. The van der Waals surface area contributed by atoms with Crippen molar-refractivity contribution in [2.75, 3.05) is 26.2 Å². The van der Waals surface area contributed by atoms with Gasteiger partial charge in [0.15, 0.2) is 0 Å². The van der Waals surface area contributed by atoms with Gasteiger partial charge in [0.2, 0.25) is 17.6 Å². The van der Waals surface area contributed by atoms with Gasteiger partial charge in [0.1, 0.15) is 0 Å². The molecule has 2 fully saturated rings. The summed E-state index contributed by atoms with van der Waals surface area (Å²) in [5, 5.41) is 7.56. The van der Waals surface area contributed by atoms with Crippen LogP contribution in [0, 0.1) is 12.3 Å². The van der Waals surface area contributed by atoms with Crippen molar-refractivity contribution in [1.82, 2.24) is 20.4 Å². The molecular formula is C20H26N4O2. The van der Waals surface area contributed by atoms with Crippen LogP contribution in [0.5, 0.6) is 0 Å². The standard InChI is InChI=1S/C20H26N4O2/c1-15-5-2-3-6-16(15)19-22-17(26-23-19)7-8-18(25)24-12-10-20(14-24)9-4-11-21-13-20/h2-3,5-6,21H,4,7-14H2,1H3. The SMILES string of the molecule is Cc1ccccc1-c1noc(CCC(=O)N2CCC3(CCCNC3)C2)n1. The molecule has 1 atom stereocenters. The quantitative estimate of drug-likeness (QED) is 0.914. The van der Waals surface area contributed by atoms with Crippen molar-refractivity contribution in [2.45, 2.75) is 39.0 Å². The third kappa shape index (κ3) is 3.51. The van der Waals surface area contributed by atoms with Gasteiger partial charge in [-0.15, -0.1) is 0 Å². The molecule has 0 bridgehead atoms. The predicted octanol–water partition coefficient (Wildman–Crippen LogP) is 2.58. The molecule has 138 valence electrons. The van der Waals surface area contributed by atoms with E-state index in [0.717, 1.165) is 43.7 Å². The van der Waals surface area contributed by atoms with Crippen LogP contribution >= 0.6 is 0 Å². The summed E-state index contributed by atoms with van der Waals surface area (Å²) in [5.74, 6) is 1.33. The number of nitrogens with zero attached hydrogens (tertiary/aromatic N) is 3. The number of aryl methyl sites for hydroxylation is 2. The van der Waals surface area contributed by atoms with Crippen LogP contribution in [0.4, 0.5) is 0 Å². The van der Waals surface area contributed by atoms with Crippen LogP contribution in [0.2, 0.25) is 0 Å². The Kier molecular flexibility index (Phi) is 4.76. The fourth-order valence-corrected chi connectivity index (χ4v) is 4.19. The molecule has 0 saturated carbocycles. The highest BCUT2D eigenvalue weighted by Gasteiger charge is 2.40. The summed E-state index contributed by atoms with van der Waals surface area (Å²) in [6.07, 6.45) is 4.49. The highest BCUT2D eigenvalue weighted by atomic mass is 16.5.